The van der Waals surface area contributed by atoms with E-state index in [0.29, 0.717) is 11.8 Å². The summed E-state index contributed by atoms with van der Waals surface area (Å²) < 4.78 is 26.6. The van der Waals surface area contributed by atoms with Crippen molar-refractivity contribution in [3.8, 4) is 5.75 Å². The normalized spacial score (nSPS) is 27.6. The molecule has 1 aromatic carbocycles. The minimum Gasteiger partial charge on any atom is -0.497 e. The van der Waals surface area contributed by atoms with Crippen LogP contribution in [0.4, 0.5) is 0 Å². The average molecular weight is 577 g/mol. The Bertz CT molecular complexity index is 703. The summed E-state index contributed by atoms with van der Waals surface area (Å²) in [5.74, 6) is 1.86. The van der Waals surface area contributed by atoms with E-state index in [-0.39, 0.29) is 35.6 Å². The summed E-state index contributed by atoms with van der Waals surface area (Å²) >= 11 is 2.47. The van der Waals surface area contributed by atoms with Crippen LogP contribution in [0.25, 0.3) is 0 Å². The Morgan fingerprint density at radius 2 is 1.62 bits per heavy atom. The molecule has 0 bridgehead atoms. The number of rotatable bonds is 9. The van der Waals surface area contributed by atoms with Gasteiger partial charge >= 0.3 is 0 Å². The van der Waals surface area contributed by atoms with Crippen molar-refractivity contribution >= 4 is 30.9 Å². The van der Waals surface area contributed by atoms with E-state index < -0.39 is 8.32 Å². The van der Waals surface area contributed by atoms with Crippen molar-refractivity contribution in [2.45, 2.75) is 97.6 Å². The summed E-state index contributed by atoms with van der Waals surface area (Å²) in [6.45, 7) is 20.7. The van der Waals surface area contributed by atoms with Gasteiger partial charge in [0.05, 0.1) is 19.3 Å². The van der Waals surface area contributed by atoms with Crippen LogP contribution in [0.15, 0.2) is 24.3 Å². The molecular weight excluding hydrogens is 531 g/mol. The van der Waals surface area contributed by atoms with Crippen LogP contribution in [0, 0.1) is 17.8 Å². The molecule has 7 atom stereocenters. The first-order valence-corrected chi connectivity index (χ1v) is 16.5. The quantitative estimate of drug-likeness (QED) is 0.172. The van der Waals surface area contributed by atoms with Crippen molar-refractivity contribution in [3.63, 3.8) is 0 Å². The van der Waals surface area contributed by atoms with Gasteiger partial charge in [0.2, 0.25) is 0 Å². The van der Waals surface area contributed by atoms with Gasteiger partial charge in [0, 0.05) is 27.9 Å². The molecule has 1 aliphatic rings. The van der Waals surface area contributed by atoms with Gasteiger partial charge in [0.25, 0.3) is 0 Å². The molecule has 0 aromatic heterocycles. The van der Waals surface area contributed by atoms with Crippen molar-refractivity contribution in [3.05, 3.63) is 29.8 Å². The minimum atomic E-state index is -1.88. The van der Waals surface area contributed by atoms with Gasteiger partial charge in [-0.05, 0) is 42.6 Å². The smallest absolute Gasteiger partial charge is 0.192 e. The molecule has 1 heterocycles. The highest BCUT2D eigenvalue weighted by molar-refractivity contribution is 14.1. The fraction of sp³-hybridized carbons (Fsp3) is 0.769. The van der Waals surface area contributed by atoms with Crippen LogP contribution in [0.3, 0.4) is 0 Å². The number of hydrogen-bond acceptors (Lipinski definition) is 4. The van der Waals surface area contributed by atoms with E-state index in [1.165, 1.54) is 0 Å². The third kappa shape index (κ3) is 6.49. The third-order valence-corrected chi connectivity index (χ3v) is 13.4. The molecule has 0 radical (unpaired) electrons. The van der Waals surface area contributed by atoms with Gasteiger partial charge in [-0.2, -0.15) is 0 Å². The Balaban J connectivity index is 2.32. The molecule has 1 saturated heterocycles. The van der Waals surface area contributed by atoms with Gasteiger partial charge in [0.1, 0.15) is 5.75 Å². The fourth-order valence-corrected chi connectivity index (χ4v) is 6.34. The topological polar surface area (TPSA) is 36.9 Å². The van der Waals surface area contributed by atoms with E-state index in [1.54, 1.807) is 7.11 Å². The van der Waals surface area contributed by atoms with Crippen LogP contribution in [0.5, 0.6) is 5.75 Å². The number of benzene rings is 1. The molecule has 1 aromatic rings. The van der Waals surface area contributed by atoms with E-state index in [2.05, 4.69) is 96.3 Å². The first-order valence-electron chi connectivity index (χ1n) is 12.0. The van der Waals surface area contributed by atoms with Crippen molar-refractivity contribution in [1.29, 1.82) is 0 Å². The van der Waals surface area contributed by atoms with Crippen molar-refractivity contribution < 1.29 is 18.6 Å². The maximum atomic E-state index is 6.91. The van der Waals surface area contributed by atoms with E-state index in [0.717, 1.165) is 22.2 Å². The second kappa shape index (κ2) is 11.5. The Kier molecular flexibility index (Phi) is 10.1. The second-order valence-electron chi connectivity index (χ2n) is 11.0. The summed E-state index contributed by atoms with van der Waals surface area (Å²) in [6, 6.07) is 8.06. The summed E-state index contributed by atoms with van der Waals surface area (Å²) in [7, 11) is -0.188. The molecule has 1 aliphatic heterocycles. The van der Waals surface area contributed by atoms with Gasteiger partial charge in [-0.25, -0.2) is 0 Å². The van der Waals surface area contributed by atoms with Crippen molar-refractivity contribution in [1.82, 2.24) is 0 Å². The minimum absolute atomic E-state index is 0.0703. The Hall–Kier alpha value is -0.153. The van der Waals surface area contributed by atoms with Crippen LogP contribution < -0.4 is 4.74 Å². The molecule has 184 valence electrons. The highest BCUT2D eigenvalue weighted by atomic mass is 127. The molecule has 6 heteroatoms. The lowest BCUT2D eigenvalue weighted by Crippen LogP contribution is -2.52. The predicted octanol–water partition coefficient (Wildman–Crippen LogP) is 7.62. The zero-order valence-corrected chi connectivity index (χ0v) is 24.9. The van der Waals surface area contributed by atoms with E-state index >= 15 is 0 Å². The summed E-state index contributed by atoms with van der Waals surface area (Å²) in [6.07, 6.45) is 1.01. The fourth-order valence-electron chi connectivity index (χ4n) is 4.34. The Labute approximate surface area is 211 Å². The maximum absolute atomic E-state index is 6.91. The molecule has 0 saturated carbocycles. The summed E-state index contributed by atoms with van der Waals surface area (Å²) in [5, 5.41) is 0.187. The molecule has 4 nitrogen and oxygen atoms in total. The van der Waals surface area contributed by atoms with E-state index in [1.807, 2.05) is 12.1 Å². The monoisotopic (exact) mass is 576 g/mol. The van der Waals surface area contributed by atoms with Gasteiger partial charge in [-0.1, -0.05) is 83.2 Å². The van der Waals surface area contributed by atoms with E-state index in [4.69, 9.17) is 18.6 Å². The molecule has 32 heavy (non-hydrogen) atoms. The highest BCUT2D eigenvalue weighted by Gasteiger charge is 2.46. The van der Waals surface area contributed by atoms with E-state index in [9.17, 15) is 0 Å². The lowest BCUT2D eigenvalue weighted by molar-refractivity contribution is -0.292. The Morgan fingerprint density at radius 3 is 2.09 bits per heavy atom. The molecule has 0 amide bonds. The number of alkyl halides is 1. The molecule has 0 unspecified atom stereocenters. The summed E-state index contributed by atoms with van der Waals surface area (Å²) in [4.78, 5) is 0. The summed E-state index contributed by atoms with van der Waals surface area (Å²) in [5.41, 5.74) is 1.04. The van der Waals surface area contributed by atoms with Crippen molar-refractivity contribution in [2.24, 2.45) is 17.8 Å². The standard InChI is InChI=1S/C26H45IO4Si/c1-11-22(31-32(9,10)26(5,6)7)18(3)24-19(4)23(17(2)16-27)29-25(30-24)20-12-14-21(28-8)15-13-20/h12-15,17-19,22-25H,11,16H2,1-10H3/t17-,18+,19+,22-,23+,24+,25-/m1/s1. The van der Waals surface area contributed by atoms with Crippen LogP contribution >= 0.6 is 22.6 Å². The zero-order valence-electron chi connectivity index (χ0n) is 21.8. The highest BCUT2D eigenvalue weighted by Crippen LogP contribution is 2.43. The SMILES string of the molecule is CC[C@@H](O[Si](C)(C)C(C)(C)C)[C@H](C)[C@@H]1O[C@H](c2ccc(OC)cc2)O[C@@H]([C@H](C)CI)[C@@H]1C. The molecular formula is C26H45IO4Si. The number of halogens is 1. The second-order valence-corrected chi connectivity index (χ2v) is 16.6. The lowest BCUT2D eigenvalue weighted by atomic mass is 9.81. The van der Waals surface area contributed by atoms with Gasteiger partial charge in [-0.3, -0.25) is 0 Å². The number of ether oxygens (including phenoxy) is 3. The lowest BCUT2D eigenvalue weighted by Gasteiger charge is -2.48. The number of methoxy groups -OCH3 is 1. The predicted molar refractivity (Wildman–Crippen MR) is 144 cm³/mol. The Morgan fingerprint density at radius 1 is 1.06 bits per heavy atom. The molecule has 0 N–H and O–H groups in total. The van der Waals surface area contributed by atoms with Crippen LogP contribution in [0.2, 0.25) is 18.1 Å². The maximum Gasteiger partial charge on any atom is 0.192 e. The largest absolute Gasteiger partial charge is 0.497 e. The third-order valence-electron chi connectivity index (χ3n) is 7.55. The first kappa shape index (κ1) is 28.1. The molecule has 0 aliphatic carbocycles. The van der Waals surface area contributed by atoms with Crippen LogP contribution in [-0.2, 0) is 13.9 Å². The first-order chi connectivity index (χ1) is 14.9. The molecule has 0 spiro atoms. The van der Waals surface area contributed by atoms with Crippen LogP contribution in [-0.4, -0.2) is 38.2 Å². The average Bonchev–Trinajstić information content (AvgIpc) is 2.76. The molecule has 1 fully saturated rings. The number of hydrogen-bond donors (Lipinski definition) is 0. The van der Waals surface area contributed by atoms with Crippen LogP contribution in [0.1, 0.15) is 66.7 Å². The van der Waals surface area contributed by atoms with Gasteiger partial charge in [-0.15, -0.1) is 0 Å². The zero-order chi connectivity index (χ0) is 24.3. The van der Waals surface area contributed by atoms with Gasteiger partial charge in [0.15, 0.2) is 14.6 Å². The van der Waals surface area contributed by atoms with Gasteiger partial charge < -0.3 is 18.6 Å². The van der Waals surface area contributed by atoms with Crippen molar-refractivity contribution in [2.75, 3.05) is 11.5 Å². The molecule has 2 rings (SSSR count).